The lowest BCUT2D eigenvalue weighted by molar-refractivity contribution is -0.159. The highest BCUT2D eigenvalue weighted by atomic mass is 16.5. The molecule has 4 N–H and O–H groups in total. The SMILES string of the molecule is CC(N)CC(Oc1ccccc1)c1ccccc1.O=C(O)C(=O)O. The van der Waals surface area contributed by atoms with Crippen molar-refractivity contribution in [2.75, 3.05) is 0 Å². The molecule has 0 aromatic heterocycles. The number of ether oxygens (including phenoxy) is 1. The van der Waals surface area contributed by atoms with Gasteiger partial charge in [-0.05, 0) is 24.6 Å². The molecule has 0 aliphatic carbocycles. The number of rotatable bonds is 5. The van der Waals surface area contributed by atoms with E-state index in [4.69, 9.17) is 30.3 Å². The first-order valence-electron chi connectivity index (χ1n) is 7.38. The van der Waals surface area contributed by atoms with E-state index < -0.39 is 11.9 Å². The van der Waals surface area contributed by atoms with Crippen molar-refractivity contribution in [2.45, 2.75) is 25.5 Å². The summed E-state index contributed by atoms with van der Waals surface area (Å²) in [6.07, 6.45) is 0.812. The van der Waals surface area contributed by atoms with Crippen molar-refractivity contribution >= 4 is 11.9 Å². The fourth-order valence-corrected chi connectivity index (χ4v) is 1.92. The molecule has 2 aromatic rings. The van der Waals surface area contributed by atoms with Crippen molar-refractivity contribution in [1.82, 2.24) is 0 Å². The van der Waals surface area contributed by atoms with Crippen LogP contribution in [0.3, 0.4) is 0 Å². The van der Waals surface area contributed by atoms with Crippen molar-refractivity contribution in [3.8, 4) is 5.75 Å². The van der Waals surface area contributed by atoms with Gasteiger partial charge in [-0.25, -0.2) is 9.59 Å². The molecule has 6 heteroatoms. The molecule has 0 aliphatic heterocycles. The van der Waals surface area contributed by atoms with Crippen molar-refractivity contribution in [2.24, 2.45) is 5.73 Å². The third kappa shape index (κ3) is 7.42. The highest BCUT2D eigenvalue weighted by Crippen LogP contribution is 2.25. The Morgan fingerprint density at radius 3 is 1.83 bits per heavy atom. The third-order valence-corrected chi connectivity index (χ3v) is 2.96. The number of nitrogens with two attached hydrogens (primary N) is 1. The molecule has 2 rings (SSSR count). The molecule has 128 valence electrons. The van der Waals surface area contributed by atoms with E-state index in [1.165, 1.54) is 5.56 Å². The van der Waals surface area contributed by atoms with Gasteiger partial charge in [-0.1, -0.05) is 48.5 Å². The number of para-hydroxylation sites is 1. The summed E-state index contributed by atoms with van der Waals surface area (Å²) in [7, 11) is 0. The Balaban J connectivity index is 0.000000413. The lowest BCUT2D eigenvalue weighted by atomic mass is 10.0. The highest BCUT2D eigenvalue weighted by Gasteiger charge is 2.15. The number of hydrogen-bond donors (Lipinski definition) is 3. The molecule has 0 saturated carbocycles. The fraction of sp³-hybridized carbons (Fsp3) is 0.222. The summed E-state index contributed by atoms with van der Waals surface area (Å²) in [6.45, 7) is 2.00. The molecule has 2 atom stereocenters. The fourth-order valence-electron chi connectivity index (χ4n) is 1.92. The number of carboxylic acid groups (broad SMARTS) is 2. The molecular weight excluding hydrogens is 310 g/mol. The van der Waals surface area contributed by atoms with Crippen LogP contribution in [-0.4, -0.2) is 28.2 Å². The molecule has 0 fully saturated rings. The monoisotopic (exact) mass is 331 g/mol. The maximum Gasteiger partial charge on any atom is 0.414 e. The molecule has 6 nitrogen and oxygen atoms in total. The smallest absolute Gasteiger partial charge is 0.414 e. The van der Waals surface area contributed by atoms with E-state index in [1.807, 2.05) is 55.5 Å². The van der Waals surface area contributed by atoms with Gasteiger partial charge in [0.1, 0.15) is 11.9 Å². The van der Waals surface area contributed by atoms with Crippen LogP contribution in [0.15, 0.2) is 60.7 Å². The van der Waals surface area contributed by atoms with Crippen LogP contribution in [0.1, 0.15) is 25.0 Å². The van der Waals surface area contributed by atoms with Gasteiger partial charge in [-0.15, -0.1) is 0 Å². The van der Waals surface area contributed by atoms with E-state index in [1.54, 1.807) is 0 Å². The highest BCUT2D eigenvalue weighted by molar-refractivity contribution is 6.27. The second-order valence-corrected chi connectivity index (χ2v) is 5.15. The summed E-state index contributed by atoms with van der Waals surface area (Å²) in [5, 5.41) is 14.8. The Morgan fingerprint density at radius 2 is 1.42 bits per heavy atom. The van der Waals surface area contributed by atoms with Crippen LogP contribution >= 0.6 is 0 Å². The Kier molecular flexibility index (Phi) is 8.01. The lowest BCUT2D eigenvalue weighted by Crippen LogP contribution is -2.21. The minimum absolute atomic E-state index is 0.00796. The first-order valence-corrected chi connectivity index (χ1v) is 7.38. The van der Waals surface area contributed by atoms with E-state index in [-0.39, 0.29) is 12.1 Å². The average molecular weight is 331 g/mol. The van der Waals surface area contributed by atoms with Crippen molar-refractivity contribution in [1.29, 1.82) is 0 Å². The average Bonchev–Trinajstić information content (AvgIpc) is 2.56. The molecule has 0 saturated heterocycles. The molecular formula is C18H21NO5. The predicted octanol–water partition coefficient (Wildman–Crippen LogP) is 2.70. The van der Waals surface area contributed by atoms with Gasteiger partial charge in [-0.2, -0.15) is 0 Å². The van der Waals surface area contributed by atoms with Gasteiger partial charge in [0.15, 0.2) is 0 Å². The maximum atomic E-state index is 9.10. The van der Waals surface area contributed by atoms with E-state index in [2.05, 4.69) is 12.1 Å². The van der Waals surface area contributed by atoms with Crippen LogP contribution in [0.25, 0.3) is 0 Å². The second kappa shape index (κ2) is 10.0. The molecule has 0 heterocycles. The first kappa shape index (κ1) is 19.2. The Labute approximate surface area is 140 Å². The van der Waals surface area contributed by atoms with Gasteiger partial charge in [-0.3, -0.25) is 0 Å². The molecule has 0 spiro atoms. The summed E-state index contributed by atoms with van der Waals surface area (Å²) in [4.78, 5) is 18.2. The van der Waals surface area contributed by atoms with Crippen LogP contribution in [0, 0.1) is 0 Å². The van der Waals surface area contributed by atoms with Gasteiger partial charge >= 0.3 is 11.9 Å². The summed E-state index contributed by atoms with van der Waals surface area (Å²) >= 11 is 0. The van der Waals surface area contributed by atoms with E-state index in [0.29, 0.717) is 0 Å². The van der Waals surface area contributed by atoms with Crippen molar-refractivity contribution in [3.05, 3.63) is 66.2 Å². The molecule has 0 amide bonds. The number of carbonyl (C=O) groups is 2. The molecule has 0 bridgehead atoms. The summed E-state index contributed by atoms with van der Waals surface area (Å²) < 4.78 is 6.03. The number of carboxylic acids is 2. The van der Waals surface area contributed by atoms with Gasteiger partial charge < -0.3 is 20.7 Å². The van der Waals surface area contributed by atoms with Gasteiger partial charge in [0.2, 0.25) is 0 Å². The first-order chi connectivity index (χ1) is 11.4. The normalized spacial score (nSPS) is 12.2. The Hall–Kier alpha value is -2.86. The molecule has 2 aromatic carbocycles. The Morgan fingerprint density at radius 1 is 0.958 bits per heavy atom. The van der Waals surface area contributed by atoms with Gasteiger partial charge in [0.05, 0.1) is 0 Å². The Bertz CT molecular complexity index is 616. The summed E-state index contributed by atoms with van der Waals surface area (Å²) in [5.74, 6) is -2.77. The van der Waals surface area contributed by atoms with Gasteiger partial charge in [0, 0.05) is 12.5 Å². The standard InChI is InChI=1S/C16H19NO.C2H2O4/c1-13(17)12-16(14-8-4-2-5-9-14)18-15-10-6-3-7-11-15;3-1(4)2(5)6/h2-11,13,16H,12,17H2,1H3;(H,3,4)(H,5,6). The van der Waals surface area contributed by atoms with Crippen LogP contribution in [0.4, 0.5) is 0 Å². The topological polar surface area (TPSA) is 110 Å². The van der Waals surface area contributed by atoms with E-state index in [0.717, 1.165) is 12.2 Å². The van der Waals surface area contributed by atoms with Crippen LogP contribution < -0.4 is 10.5 Å². The van der Waals surface area contributed by atoms with Crippen LogP contribution in [-0.2, 0) is 9.59 Å². The molecule has 2 unspecified atom stereocenters. The van der Waals surface area contributed by atoms with Gasteiger partial charge in [0.25, 0.3) is 0 Å². The summed E-state index contributed by atoms with van der Waals surface area (Å²) in [6, 6.07) is 20.2. The largest absolute Gasteiger partial charge is 0.486 e. The minimum Gasteiger partial charge on any atom is -0.486 e. The molecule has 24 heavy (non-hydrogen) atoms. The molecule has 0 aliphatic rings. The maximum absolute atomic E-state index is 9.10. The zero-order valence-electron chi connectivity index (χ0n) is 13.3. The van der Waals surface area contributed by atoms with E-state index in [9.17, 15) is 0 Å². The lowest BCUT2D eigenvalue weighted by Gasteiger charge is -2.21. The van der Waals surface area contributed by atoms with Crippen LogP contribution in [0.2, 0.25) is 0 Å². The number of benzene rings is 2. The zero-order valence-corrected chi connectivity index (χ0v) is 13.3. The van der Waals surface area contributed by atoms with Crippen molar-refractivity contribution < 1.29 is 24.5 Å². The van der Waals surface area contributed by atoms with Crippen molar-refractivity contribution in [3.63, 3.8) is 0 Å². The minimum atomic E-state index is -1.82. The summed E-state index contributed by atoms with van der Waals surface area (Å²) in [5.41, 5.74) is 7.07. The second-order valence-electron chi connectivity index (χ2n) is 5.15. The van der Waals surface area contributed by atoms with Crippen LogP contribution in [0.5, 0.6) is 5.75 Å². The zero-order chi connectivity index (χ0) is 17.9. The number of aliphatic carboxylic acids is 2. The third-order valence-electron chi connectivity index (χ3n) is 2.96. The predicted molar refractivity (Wildman–Crippen MR) is 89.8 cm³/mol. The van der Waals surface area contributed by atoms with E-state index >= 15 is 0 Å². The molecule has 0 radical (unpaired) electrons. The number of hydrogen-bond acceptors (Lipinski definition) is 4. The quantitative estimate of drug-likeness (QED) is 0.727.